The number of carbonyl (C=O) groups is 2. The van der Waals surface area contributed by atoms with Crippen LogP contribution in [0.3, 0.4) is 0 Å². The zero-order valence-electron chi connectivity index (χ0n) is 22.1. The predicted octanol–water partition coefficient (Wildman–Crippen LogP) is 4.50. The van der Waals surface area contributed by atoms with E-state index in [4.69, 9.17) is 11.6 Å². The first-order valence-electron chi connectivity index (χ1n) is 12.4. The third kappa shape index (κ3) is 7.58. The summed E-state index contributed by atoms with van der Waals surface area (Å²) < 4.78 is 26.9. The minimum Gasteiger partial charge on any atom is -0.355 e. The highest BCUT2D eigenvalue weighted by Gasteiger charge is 2.33. The third-order valence-electron chi connectivity index (χ3n) is 6.39. The molecule has 0 saturated heterocycles. The summed E-state index contributed by atoms with van der Waals surface area (Å²) in [6.45, 7) is 5.54. The van der Waals surface area contributed by atoms with E-state index in [0.29, 0.717) is 17.3 Å². The van der Waals surface area contributed by atoms with E-state index in [1.54, 1.807) is 30.3 Å². The first kappa shape index (κ1) is 29.2. The molecule has 1 atom stereocenters. The molecule has 0 aliphatic carbocycles. The highest BCUT2D eigenvalue weighted by molar-refractivity contribution is 7.92. The Labute approximate surface area is 230 Å². The van der Waals surface area contributed by atoms with Gasteiger partial charge in [0.2, 0.25) is 21.8 Å². The maximum atomic E-state index is 14.0. The second kappa shape index (κ2) is 12.9. The van der Waals surface area contributed by atoms with Crippen molar-refractivity contribution < 1.29 is 18.0 Å². The average Bonchev–Trinajstić information content (AvgIpc) is 2.86. The molecule has 0 fully saturated rings. The molecule has 202 valence electrons. The summed E-state index contributed by atoms with van der Waals surface area (Å²) in [5, 5.41) is 3.34. The second-order valence-corrected chi connectivity index (χ2v) is 11.6. The Morgan fingerprint density at radius 3 is 2.24 bits per heavy atom. The Balaban J connectivity index is 2.07. The molecule has 0 radical (unpaired) electrons. The van der Waals surface area contributed by atoms with E-state index in [9.17, 15) is 18.0 Å². The quantitative estimate of drug-likeness (QED) is 0.377. The van der Waals surface area contributed by atoms with E-state index in [1.807, 2.05) is 63.2 Å². The Morgan fingerprint density at radius 1 is 0.947 bits per heavy atom. The van der Waals surface area contributed by atoms with Gasteiger partial charge < -0.3 is 10.2 Å². The lowest BCUT2D eigenvalue weighted by Crippen LogP contribution is -2.53. The lowest BCUT2D eigenvalue weighted by Gasteiger charge is -2.34. The maximum Gasteiger partial charge on any atom is 0.244 e. The predicted molar refractivity (Wildman–Crippen MR) is 153 cm³/mol. The number of aryl methyl sites for hydroxylation is 1. The molecule has 9 heteroatoms. The molecule has 0 heterocycles. The van der Waals surface area contributed by atoms with Crippen molar-refractivity contribution in [2.45, 2.75) is 39.8 Å². The van der Waals surface area contributed by atoms with Crippen molar-refractivity contribution in [3.63, 3.8) is 0 Å². The van der Waals surface area contributed by atoms with Gasteiger partial charge in [0.15, 0.2) is 0 Å². The number of benzene rings is 3. The Hall–Kier alpha value is -3.36. The summed E-state index contributed by atoms with van der Waals surface area (Å²) in [7, 11) is -3.82. The van der Waals surface area contributed by atoms with Gasteiger partial charge in [0.25, 0.3) is 0 Å². The highest BCUT2D eigenvalue weighted by Crippen LogP contribution is 2.26. The van der Waals surface area contributed by atoms with E-state index in [0.717, 1.165) is 32.8 Å². The van der Waals surface area contributed by atoms with Gasteiger partial charge in [0, 0.05) is 24.5 Å². The van der Waals surface area contributed by atoms with Crippen molar-refractivity contribution in [1.82, 2.24) is 10.2 Å². The molecule has 3 rings (SSSR count). The first-order valence-corrected chi connectivity index (χ1v) is 14.6. The topological polar surface area (TPSA) is 86.8 Å². The molecular formula is C29H34ClN3O4S. The number of halogens is 1. The molecule has 0 saturated carbocycles. The van der Waals surface area contributed by atoms with E-state index in [-0.39, 0.29) is 18.9 Å². The van der Waals surface area contributed by atoms with Crippen LogP contribution in [0.5, 0.6) is 0 Å². The Morgan fingerprint density at radius 2 is 1.61 bits per heavy atom. The summed E-state index contributed by atoms with van der Waals surface area (Å²) >= 11 is 6.22. The van der Waals surface area contributed by atoms with Gasteiger partial charge in [-0.3, -0.25) is 13.9 Å². The van der Waals surface area contributed by atoms with Crippen LogP contribution in [0.2, 0.25) is 5.02 Å². The second-order valence-electron chi connectivity index (χ2n) is 9.24. The fraction of sp³-hybridized carbons (Fsp3) is 0.310. The Kier molecular flexibility index (Phi) is 9.94. The van der Waals surface area contributed by atoms with Crippen LogP contribution < -0.4 is 9.62 Å². The van der Waals surface area contributed by atoms with Crippen molar-refractivity contribution in [3.05, 3.63) is 100 Å². The number of anilines is 1. The lowest BCUT2D eigenvalue weighted by molar-refractivity contribution is -0.140. The third-order valence-corrected chi connectivity index (χ3v) is 7.75. The fourth-order valence-corrected chi connectivity index (χ4v) is 5.39. The van der Waals surface area contributed by atoms with E-state index in [2.05, 4.69) is 5.32 Å². The van der Waals surface area contributed by atoms with Gasteiger partial charge in [0.1, 0.15) is 12.6 Å². The number of amides is 2. The van der Waals surface area contributed by atoms with Gasteiger partial charge in [-0.25, -0.2) is 8.42 Å². The van der Waals surface area contributed by atoms with Gasteiger partial charge in [0.05, 0.1) is 11.9 Å². The summed E-state index contributed by atoms with van der Waals surface area (Å²) in [5.41, 5.74) is 3.70. The minimum atomic E-state index is -3.82. The monoisotopic (exact) mass is 555 g/mol. The molecular weight excluding hydrogens is 522 g/mol. The number of nitrogens with zero attached hydrogens (tertiary/aromatic N) is 2. The van der Waals surface area contributed by atoms with E-state index >= 15 is 0 Å². The molecule has 1 N–H and O–H groups in total. The van der Waals surface area contributed by atoms with Crippen LogP contribution in [0.15, 0.2) is 72.8 Å². The van der Waals surface area contributed by atoms with Crippen molar-refractivity contribution in [1.29, 1.82) is 0 Å². The first-order chi connectivity index (χ1) is 18.0. The van der Waals surface area contributed by atoms with Gasteiger partial charge in [-0.1, -0.05) is 66.2 Å². The number of nitrogens with one attached hydrogen (secondary N) is 1. The highest BCUT2D eigenvalue weighted by atomic mass is 35.5. The van der Waals surface area contributed by atoms with Crippen LogP contribution in [-0.2, 0) is 32.6 Å². The zero-order chi connectivity index (χ0) is 27.9. The number of hydrogen-bond donors (Lipinski definition) is 1. The van der Waals surface area contributed by atoms with Crippen molar-refractivity contribution >= 4 is 39.1 Å². The average molecular weight is 556 g/mol. The zero-order valence-corrected chi connectivity index (χ0v) is 23.7. The molecule has 0 bridgehead atoms. The minimum absolute atomic E-state index is 0.0818. The largest absolute Gasteiger partial charge is 0.355 e. The summed E-state index contributed by atoms with van der Waals surface area (Å²) in [4.78, 5) is 28.8. The summed E-state index contributed by atoms with van der Waals surface area (Å²) in [5.74, 6) is -0.812. The number of hydrogen-bond acceptors (Lipinski definition) is 4. The molecule has 38 heavy (non-hydrogen) atoms. The van der Waals surface area contributed by atoms with Crippen molar-refractivity contribution in [2.75, 3.05) is 23.7 Å². The van der Waals surface area contributed by atoms with Crippen LogP contribution in [0, 0.1) is 13.8 Å². The molecule has 7 nitrogen and oxygen atoms in total. The number of carbonyl (C=O) groups excluding carboxylic acids is 2. The molecule has 0 aliphatic rings. The maximum absolute atomic E-state index is 14.0. The Bertz CT molecular complexity index is 1380. The van der Waals surface area contributed by atoms with Gasteiger partial charge >= 0.3 is 0 Å². The molecule has 3 aromatic carbocycles. The van der Waals surface area contributed by atoms with Gasteiger partial charge in [-0.15, -0.1) is 0 Å². The van der Waals surface area contributed by atoms with Crippen molar-refractivity contribution in [2.24, 2.45) is 0 Å². The number of rotatable bonds is 11. The summed E-state index contributed by atoms with van der Waals surface area (Å²) in [6.07, 6.45) is 1.34. The van der Waals surface area contributed by atoms with Crippen molar-refractivity contribution in [3.8, 4) is 0 Å². The standard InChI is InChI=1S/C29H34ClN3O4S/c1-5-31-29(35)27(18-23-12-7-6-8-13-23)32(19-24-14-10-15-25(30)17-24)28(34)20-33(38(4,36)37)26-16-9-11-21(2)22(26)3/h6-17,27H,5,18-20H2,1-4H3,(H,31,35)/t27-/m1/s1. The van der Waals surface area contributed by atoms with Crippen LogP contribution >= 0.6 is 11.6 Å². The number of likely N-dealkylation sites (N-methyl/N-ethyl adjacent to an activating group) is 1. The normalized spacial score (nSPS) is 12.0. The molecule has 0 unspecified atom stereocenters. The van der Waals surface area contributed by atoms with Gasteiger partial charge in [-0.2, -0.15) is 0 Å². The van der Waals surface area contributed by atoms with E-state index < -0.39 is 28.5 Å². The number of sulfonamides is 1. The van der Waals surface area contributed by atoms with Crippen LogP contribution in [0.25, 0.3) is 0 Å². The molecule has 0 aliphatic heterocycles. The fourth-order valence-electron chi connectivity index (χ4n) is 4.28. The van der Waals surface area contributed by atoms with Crippen LogP contribution in [0.1, 0.15) is 29.2 Å². The molecule has 0 spiro atoms. The molecule has 0 aromatic heterocycles. The van der Waals surface area contributed by atoms with Crippen LogP contribution in [0.4, 0.5) is 5.69 Å². The molecule has 2 amide bonds. The molecule has 3 aromatic rings. The summed E-state index contributed by atoms with van der Waals surface area (Å²) in [6, 6.07) is 20.9. The smallest absolute Gasteiger partial charge is 0.244 e. The van der Waals surface area contributed by atoms with E-state index in [1.165, 1.54) is 4.90 Å². The van der Waals surface area contributed by atoms with Crippen LogP contribution in [-0.4, -0.2) is 50.5 Å². The van der Waals surface area contributed by atoms with Gasteiger partial charge in [-0.05, 0) is 61.2 Å². The lowest BCUT2D eigenvalue weighted by atomic mass is 10.0. The SMILES string of the molecule is CCNC(=O)[C@@H](Cc1ccccc1)N(Cc1cccc(Cl)c1)C(=O)CN(c1cccc(C)c1C)S(C)(=O)=O.